The van der Waals surface area contributed by atoms with E-state index in [4.69, 9.17) is 11.6 Å². The topological polar surface area (TPSA) is 72.9 Å². The van der Waals surface area contributed by atoms with Crippen LogP contribution in [0, 0.1) is 11.8 Å². The Hall–Kier alpha value is -2.42. The summed E-state index contributed by atoms with van der Waals surface area (Å²) in [4.78, 5) is 27.7. The summed E-state index contributed by atoms with van der Waals surface area (Å²) in [7, 11) is 0. The summed E-state index contributed by atoms with van der Waals surface area (Å²) >= 11 is 5.97. The summed E-state index contributed by atoms with van der Waals surface area (Å²) in [5, 5.41) is 13.4. The van der Waals surface area contributed by atoms with Gasteiger partial charge in [-0.3, -0.25) is 14.6 Å². The normalized spacial score (nSPS) is 24.6. The van der Waals surface area contributed by atoms with Crippen molar-refractivity contribution in [3.8, 4) is 0 Å². The third kappa shape index (κ3) is 5.14. The third-order valence-corrected chi connectivity index (χ3v) is 6.21. The van der Waals surface area contributed by atoms with Gasteiger partial charge in [0.25, 0.3) is 5.91 Å². The first-order valence-electron chi connectivity index (χ1n) is 10.5. The standard InChI is InChI=1S/C22H27ClF3N3O3/c1-21(2,3)29(20(31)32)17-12-18(30)28(16-10-8-15(23)9-11-16)19(27-17)13-4-6-14(7-5-13)22(24,25)26/h8-14,19,27H,4-7H2,1-3H3,(H,31,32). The Labute approximate surface area is 190 Å². The number of carbonyl (C=O) groups excluding carboxylic acids is 1. The van der Waals surface area contributed by atoms with Crippen LogP contribution in [0.25, 0.3) is 0 Å². The Morgan fingerprint density at radius 3 is 2.16 bits per heavy atom. The van der Waals surface area contributed by atoms with E-state index in [1.807, 2.05) is 0 Å². The van der Waals surface area contributed by atoms with Crippen molar-refractivity contribution in [3.63, 3.8) is 0 Å². The number of hydrogen-bond acceptors (Lipinski definition) is 3. The second-order valence-corrected chi connectivity index (χ2v) is 9.68. The van der Waals surface area contributed by atoms with E-state index in [-0.39, 0.29) is 37.4 Å². The molecule has 0 bridgehead atoms. The van der Waals surface area contributed by atoms with Crippen molar-refractivity contribution in [2.24, 2.45) is 11.8 Å². The summed E-state index contributed by atoms with van der Waals surface area (Å²) in [6, 6.07) is 6.57. The molecule has 0 spiro atoms. The summed E-state index contributed by atoms with van der Waals surface area (Å²) in [5.41, 5.74) is -0.311. The quantitative estimate of drug-likeness (QED) is 0.600. The van der Waals surface area contributed by atoms with Crippen LogP contribution in [0.3, 0.4) is 0 Å². The van der Waals surface area contributed by atoms with Crippen molar-refractivity contribution >= 4 is 29.3 Å². The van der Waals surface area contributed by atoms with Crippen molar-refractivity contribution in [2.75, 3.05) is 4.90 Å². The molecule has 3 rings (SSSR count). The summed E-state index contributed by atoms with van der Waals surface area (Å²) in [6.07, 6.45) is -4.50. The maximum atomic E-state index is 13.2. The average molecular weight is 474 g/mol. The van der Waals surface area contributed by atoms with Crippen molar-refractivity contribution in [3.05, 3.63) is 41.2 Å². The summed E-state index contributed by atoms with van der Waals surface area (Å²) in [6.45, 7) is 5.09. The van der Waals surface area contributed by atoms with Crippen LogP contribution in [-0.4, -0.2) is 39.9 Å². The van der Waals surface area contributed by atoms with Crippen molar-refractivity contribution in [1.82, 2.24) is 10.2 Å². The van der Waals surface area contributed by atoms with E-state index in [1.165, 1.54) is 11.0 Å². The van der Waals surface area contributed by atoms with Crippen LogP contribution in [0.1, 0.15) is 46.5 Å². The van der Waals surface area contributed by atoms with E-state index in [2.05, 4.69) is 5.32 Å². The number of amides is 2. The van der Waals surface area contributed by atoms with E-state index in [9.17, 15) is 27.9 Å². The monoisotopic (exact) mass is 473 g/mol. The zero-order chi connectivity index (χ0) is 23.8. The number of alkyl halides is 3. The van der Waals surface area contributed by atoms with Gasteiger partial charge in [-0.2, -0.15) is 13.2 Å². The molecule has 0 aromatic heterocycles. The van der Waals surface area contributed by atoms with Crippen LogP contribution in [0.4, 0.5) is 23.7 Å². The van der Waals surface area contributed by atoms with Gasteiger partial charge in [0.1, 0.15) is 12.0 Å². The molecule has 1 saturated carbocycles. The van der Waals surface area contributed by atoms with Gasteiger partial charge >= 0.3 is 12.3 Å². The summed E-state index contributed by atoms with van der Waals surface area (Å²) in [5.74, 6) is -1.97. The molecular weight excluding hydrogens is 447 g/mol. The van der Waals surface area contributed by atoms with Crippen LogP contribution < -0.4 is 10.2 Å². The molecule has 0 radical (unpaired) electrons. The first-order valence-corrected chi connectivity index (χ1v) is 10.8. The maximum absolute atomic E-state index is 13.2. The fourth-order valence-electron chi connectivity index (χ4n) is 4.44. The van der Waals surface area contributed by atoms with Crippen molar-refractivity contribution in [2.45, 2.75) is 64.3 Å². The lowest BCUT2D eigenvalue weighted by Crippen LogP contribution is -2.61. The Morgan fingerprint density at radius 1 is 1.12 bits per heavy atom. The largest absolute Gasteiger partial charge is 0.465 e. The minimum Gasteiger partial charge on any atom is -0.465 e. The highest BCUT2D eigenvalue weighted by Gasteiger charge is 2.45. The van der Waals surface area contributed by atoms with Crippen molar-refractivity contribution in [1.29, 1.82) is 0 Å². The van der Waals surface area contributed by atoms with E-state index in [0.29, 0.717) is 10.7 Å². The number of hydrogen-bond donors (Lipinski definition) is 2. The van der Waals surface area contributed by atoms with Gasteiger partial charge in [-0.25, -0.2) is 4.79 Å². The first kappa shape index (κ1) is 24.2. The SMILES string of the molecule is CC(C)(C)N(C(=O)O)C1=CC(=O)N(c2ccc(Cl)cc2)C(C2CCC(C(F)(F)F)CC2)N1. The number of nitrogens with zero attached hydrogens (tertiary/aromatic N) is 2. The van der Waals surface area contributed by atoms with Gasteiger partial charge in [0.15, 0.2) is 0 Å². The van der Waals surface area contributed by atoms with Gasteiger partial charge < -0.3 is 10.4 Å². The molecule has 1 aliphatic carbocycles. The molecule has 1 unspecified atom stereocenters. The molecular formula is C22H27ClF3N3O3. The Bertz CT molecular complexity index is 888. The van der Waals surface area contributed by atoms with Crippen molar-refractivity contribution < 1.29 is 27.9 Å². The molecule has 1 atom stereocenters. The highest BCUT2D eigenvalue weighted by molar-refractivity contribution is 6.30. The first-order chi connectivity index (χ1) is 14.8. The molecule has 0 saturated heterocycles. The number of nitrogens with one attached hydrogen (secondary N) is 1. The number of rotatable bonds is 3. The summed E-state index contributed by atoms with van der Waals surface area (Å²) < 4.78 is 39.5. The van der Waals surface area contributed by atoms with Gasteiger partial charge in [-0.15, -0.1) is 0 Å². The molecule has 1 aromatic rings. The van der Waals surface area contributed by atoms with Gasteiger partial charge in [-0.05, 0) is 76.6 Å². The minimum absolute atomic E-state index is 0.0318. The fourth-order valence-corrected chi connectivity index (χ4v) is 4.57. The Morgan fingerprint density at radius 2 is 1.69 bits per heavy atom. The fraction of sp³-hybridized carbons (Fsp3) is 0.545. The predicted molar refractivity (Wildman–Crippen MR) is 115 cm³/mol. The zero-order valence-corrected chi connectivity index (χ0v) is 18.9. The second-order valence-electron chi connectivity index (χ2n) is 9.25. The zero-order valence-electron chi connectivity index (χ0n) is 18.1. The lowest BCUT2D eigenvalue weighted by molar-refractivity contribution is -0.184. The smallest absolute Gasteiger partial charge is 0.413 e. The number of carbonyl (C=O) groups is 2. The van der Waals surface area contributed by atoms with Crippen LogP contribution >= 0.6 is 11.6 Å². The Kier molecular flexibility index (Phi) is 6.70. The van der Waals surface area contributed by atoms with Crippen LogP contribution in [0.5, 0.6) is 0 Å². The molecule has 1 heterocycles. The lowest BCUT2D eigenvalue weighted by atomic mass is 9.79. The average Bonchev–Trinajstić information content (AvgIpc) is 2.66. The Balaban J connectivity index is 1.96. The molecule has 2 N–H and O–H groups in total. The van der Waals surface area contributed by atoms with E-state index < -0.39 is 35.8 Å². The van der Waals surface area contributed by atoms with E-state index >= 15 is 0 Å². The number of carboxylic acid groups (broad SMARTS) is 1. The van der Waals surface area contributed by atoms with Gasteiger partial charge in [0.05, 0.1) is 5.92 Å². The predicted octanol–water partition coefficient (Wildman–Crippen LogP) is 5.59. The number of anilines is 1. The van der Waals surface area contributed by atoms with Crippen LogP contribution in [0.2, 0.25) is 5.02 Å². The van der Waals surface area contributed by atoms with Gasteiger partial charge in [0.2, 0.25) is 0 Å². The second kappa shape index (κ2) is 8.84. The molecule has 1 fully saturated rings. The molecule has 10 heteroatoms. The van der Waals surface area contributed by atoms with Crippen LogP contribution in [-0.2, 0) is 4.79 Å². The highest BCUT2D eigenvalue weighted by atomic mass is 35.5. The molecule has 176 valence electrons. The minimum atomic E-state index is -4.24. The highest BCUT2D eigenvalue weighted by Crippen LogP contribution is 2.42. The number of halogens is 4. The van der Waals surface area contributed by atoms with E-state index in [1.54, 1.807) is 45.0 Å². The molecule has 32 heavy (non-hydrogen) atoms. The molecule has 2 aliphatic rings. The molecule has 6 nitrogen and oxygen atoms in total. The lowest BCUT2D eigenvalue weighted by Gasteiger charge is -2.46. The maximum Gasteiger partial charge on any atom is 0.413 e. The molecule has 1 aliphatic heterocycles. The molecule has 2 amide bonds. The molecule has 1 aromatic carbocycles. The number of benzene rings is 1. The van der Waals surface area contributed by atoms with Crippen LogP contribution in [0.15, 0.2) is 36.2 Å². The third-order valence-electron chi connectivity index (χ3n) is 5.96. The van der Waals surface area contributed by atoms with Gasteiger partial charge in [0, 0.05) is 22.3 Å². The van der Waals surface area contributed by atoms with E-state index in [0.717, 1.165) is 4.90 Å². The van der Waals surface area contributed by atoms with Gasteiger partial charge in [-0.1, -0.05) is 11.6 Å².